The van der Waals surface area contributed by atoms with E-state index in [2.05, 4.69) is 93.1 Å². The third-order valence-electron chi connectivity index (χ3n) is 7.09. The summed E-state index contributed by atoms with van der Waals surface area (Å²) in [6.45, 7) is 2.82. The van der Waals surface area contributed by atoms with Crippen LogP contribution in [0.5, 0.6) is 0 Å². The maximum absolute atomic E-state index is 12.2. The van der Waals surface area contributed by atoms with Crippen LogP contribution in [-0.2, 0) is 26.4 Å². The Morgan fingerprint density at radius 3 is 2.00 bits per heavy atom. The van der Waals surface area contributed by atoms with Crippen LogP contribution in [-0.4, -0.2) is 61.6 Å². The third-order valence-corrected chi connectivity index (χ3v) is 8.24. The van der Waals surface area contributed by atoms with Crippen molar-refractivity contribution in [1.29, 1.82) is 0 Å². The summed E-state index contributed by atoms with van der Waals surface area (Å²) in [4.78, 5) is 27.6. The van der Waals surface area contributed by atoms with E-state index >= 15 is 0 Å². The minimum absolute atomic E-state index is 0.0265. The topological polar surface area (TPSA) is 90.2 Å². The van der Waals surface area contributed by atoms with Crippen molar-refractivity contribution in [2.75, 3.05) is 20.2 Å². The standard InChI is InChI=1S/C31H31N5O3S/c1-23(37)40-28-18-19-35(21-24(28)20-29-32-34-36(33-29)22-30(38)39-2)31(25-12-6-3-7-13-25,26-14-8-4-9-15-26)27-16-10-5-11-17-27/h3-17,20,28H,18-19,21-22H2,1-2H3/b24-20-. The second-order valence-electron chi connectivity index (χ2n) is 9.59. The van der Waals surface area contributed by atoms with Crippen LogP contribution in [0.15, 0.2) is 96.6 Å². The first-order chi connectivity index (χ1) is 19.5. The lowest BCUT2D eigenvalue weighted by molar-refractivity contribution is -0.141. The van der Waals surface area contributed by atoms with Crippen LogP contribution in [0.25, 0.3) is 6.08 Å². The average Bonchev–Trinajstić information content (AvgIpc) is 3.42. The molecule has 9 heteroatoms. The number of esters is 1. The molecule has 1 unspecified atom stereocenters. The molecule has 204 valence electrons. The van der Waals surface area contributed by atoms with Crippen LogP contribution in [0.3, 0.4) is 0 Å². The van der Waals surface area contributed by atoms with Crippen molar-refractivity contribution in [2.45, 2.75) is 30.7 Å². The molecule has 1 aliphatic rings. The molecule has 8 nitrogen and oxygen atoms in total. The normalized spacial score (nSPS) is 17.1. The summed E-state index contributed by atoms with van der Waals surface area (Å²) in [6.07, 6.45) is 2.67. The number of likely N-dealkylation sites (tertiary alicyclic amines) is 1. The smallest absolute Gasteiger partial charge is 0.329 e. The number of nitrogens with zero attached hydrogens (tertiary/aromatic N) is 5. The van der Waals surface area contributed by atoms with E-state index in [-0.39, 0.29) is 16.9 Å². The average molecular weight is 554 g/mol. The number of tetrazole rings is 1. The number of rotatable bonds is 8. The van der Waals surface area contributed by atoms with Crippen molar-refractivity contribution < 1.29 is 14.3 Å². The number of hydrogen-bond donors (Lipinski definition) is 0. The summed E-state index contributed by atoms with van der Waals surface area (Å²) < 4.78 is 4.72. The Labute approximate surface area is 238 Å². The van der Waals surface area contributed by atoms with Gasteiger partial charge in [0.15, 0.2) is 17.5 Å². The largest absolute Gasteiger partial charge is 0.468 e. The van der Waals surface area contributed by atoms with E-state index in [0.717, 1.165) is 35.2 Å². The molecule has 0 bridgehead atoms. The molecule has 1 saturated heterocycles. The number of ether oxygens (including phenoxy) is 1. The lowest BCUT2D eigenvalue weighted by Gasteiger charge is -2.49. The molecule has 2 heterocycles. The van der Waals surface area contributed by atoms with Gasteiger partial charge in [0.25, 0.3) is 0 Å². The predicted octanol–water partition coefficient (Wildman–Crippen LogP) is 4.58. The first-order valence-electron chi connectivity index (χ1n) is 13.1. The molecule has 40 heavy (non-hydrogen) atoms. The quantitative estimate of drug-likeness (QED) is 0.232. The zero-order valence-corrected chi connectivity index (χ0v) is 23.3. The zero-order valence-electron chi connectivity index (χ0n) is 22.5. The highest BCUT2D eigenvalue weighted by Gasteiger charge is 2.44. The van der Waals surface area contributed by atoms with E-state index in [1.807, 2.05) is 24.3 Å². The van der Waals surface area contributed by atoms with E-state index in [1.54, 1.807) is 6.92 Å². The van der Waals surface area contributed by atoms with Crippen LogP contribution in [0, 0.1) is 0 Å². The van der Waals surface area contributed by atoms with E-state index in [1.165, 1.54) is 23.7 Å². The van der Waals surface area contributed by atoms with Crippen molar-refractivity contribution in [3.05, 3.63) is 119 Å². The molecule has 1 aromatic heterocycles. The van der Waals surface area contributed by atoms with Crippen molar-refractivity contribution >= 4 is 28.9 Å². The summed E-state index contributed by atoms with van der Waals surface area (Å²) in [7, 11) is 1.32. The highest BCUT2D eigenvalue weighted by atomic mass is 32.2. The zero-order chi connectivity index (χ0) is 28.0. The Morgan fingerprint density at radius 1 is 0.950 bits per heavy atom. The van der Waals surface area contributed by atoms with Gasteiger partial charge in [-0.3, -0.25) is 9.69 Å². The summed E-state index contributed by atoms with van der Waals surface area (Å²) in [5.41, 5.74) is 3.92. The number of piperidine rings is 1. The molecule has 1 fully saturated rings. The summed E-state index contributed by atoms with van der Waals surface area (Å²) in [6, 6.07) is 31.7. The molecule has 4 aromatic rings. The Morgan fingerprint density at radius 2 is 1.50 bits per heavy atom. The van der Waals surface area contributed by atoms with E-state index in [4.69, 9.17) is 4.74 Å². The Bertz CT molecular complexity index is 1380. The minimum atomic E-state index is -0.579. The van der Waals surface area contributed by atoms with Gasteiger partial charge in [-0.2, -0.15) is 4.80 Å². The van der Waals surface area contributed by atoms with Gasteiger partial charge in [0.1, 0.15) is 0 Å². The highest BCUT2D eigenvalue weighted by Crippen LogP contribution is 2.45. The number of methoxy groups -OCH3 is 1. The monoisotopic (exact) mass is 553 g/mol. The van der Waals surface area contributed by atoms with Gasteiger partial charge in [0, 0.05) is 25.3 Å². The minimum Gasteiger partial charge on any atom is -0.468 e. The second kappa shape index (κ2) is 12.4. The molecule has 0 N–H and O–H groups in total. The Hall–Kier alpha value is -4.08. The fraction of sp³-hybridized carbons (Fsp3) is 0.258. The lowest BCUT2D eigenvalue weighted by atomic mass is 9.74. The highest BCUT2D eigenvalue weighted by molar-refractivity contribution is 8.14. The summed E-state index contributed by atoms with van der Waals surface area (Å²) in [5, 5.41) is 12.6. The number of carbonyl (C=O) groups excluding carboxylic acids is 2. The molecule has 0 radical (unpaired) electrons. The molecule has 0 amide bonds. The molecule has 5 rings (SSSR count). The number of aromatic nitrogens is 4. The summed E-state index contributed by atoms with van der Waals surface area (Å²) in [5.74, 6) is -0.0662. The molecule has 1 aliphatic heterocycles. The van der Waals surface area contributed by atoms with Crippen molar-refractivity contribution in [1.82, 2.24) is 25.1 Å². The van der Waals surface area contributed by atoms with Crippen LogP contribution in [0.2, 0.25) is 0 Å². The van der Waals surface area contributed by atoms with Gasteiger partial charge >= 0.3 is 5.97 Å². The van der Waals surface area contributed by atoms with E-state index in [0.29, 0.717) is 12.4 Å². The first kappa shape index (κ1) is 27.5. The fourth-order valence-electron chi connectivity index (χ4n) is 5.43. The molecular formula is C31H31N5O3S. The third kappa shape index (κ3) is 5.76. The molecule has 0 spiro atoms. The van der Waals surface area contributed by atoms with Gasteiger partial charge < -0.3 is 4.74 Å². The molecule has 3 aromatic carbocycles. The van der Waals surface area contributed by atoms with E-state index in [9.17, 15) is 9.59 Å². The van der Waals surface area contributed by atoms with E-state index < -0.39 is 11.5 Å². The SMILES string of the molecule is COC(=O)Cn1nnc(/C=C2/CN(C(c3ccccc3)(c3ccccc3)c3ccccc3)CCC2SC(C)=O)n1. The van der Waals surface area contributed by atoms with Gasteiger partial charge in [-0.1, -0.05) is 103 Å². The number of thioether (sulfide) groups is 1. The molecule has 1 atom stereocenters. The number of benzene rings is 3. The molecule has 0 saturated carbocycles. The second-order valence-corrected chi connectivity index (χ2v) is 11.0. The maximum atomic E-state index is 12.2. The number of hydrogen-bond acceptors (Lipinski definition) is 8. The van der Waals surface area contributed by atoms with Gasteiger partial charge in [-0.15, -0.1) is 10.2 Å². The van der Waals surface area contributed by atoms with Crippen LogP contribution in [0.1, 0.15) is 35.9 Å². The fourth-order valence-corrected chi connectivity index (χ4v) is 6.35. The lowest BCUT2D eigenvalue weighted by Crippen LogP contribution is -2.52. The van der Waals surface area contributed by atoms with Gasteiger partial charge in [-0.25, -0.2) is 4.79 Å². The Balaban J connectivity index is 1.63. The molecular weight excluding hydrogens is 522 g/mol. The van der Waals surface area contributed by atoms with Crippen LogP contribution < -0.4 is 0 Å². The number of carbonyl (C=O) groups is 2. The van der Waals surface area contributed by atoms with Crippen LogP contribution >= 0.6 is 11.8 Å². The van der Waals surface area contributed by atoms with Gasteiger partial charge in [0.2, 0.25) is 0 Å². The Kier molecular flexibility index (Phi) is 8.52. The predicted molar refractivity (Wildman–Crippen MR) is 155 cm³/mol. The van der Waals surface area contributed by atoms with Gasteiger partial charge in [0.05, 0.1) is 12.6 Å². The van der Waals surface area contributed by atoms with Gasteiger partial charge in [-0.05, 0) is 40.0 Å². The maximum Gasteiger partial charge on any atom is 0.329 e. The first-order valence-corrected chi connectivity index (χ1v) is 14.0. The van der Waals surface area contributed by atoms with Crippen molar-refractivity contribution in [2.24, 2.45) is 0 Å². The van der Waals surface area contributed by atoms with Crippen molar-refractivity contribution in [3.8, 4) is 0 Å². The summed E-state index contributed by atoms with van der Waals surface area (Å²) >= 11 is 1.33. The van der Waals surface area contributed by atoms with Crippen LogP contribution in [0.4, 0.5) is 0 Å². The van der Waals surface area contributed by atoms with Crippen molar-refractivity contribution in [3.63, 3.8) is 0 Å². The molecule has 0 aliphatic carbocycles.